The van der Waals surface area contributed by atoms with E-state index in [2.05, 4.69) is 10.6 Å². The Kier molecular flexibility index (Phi) is 6.22. The summed E-state index contributed by atoms with van der Waals surface area (Å²) in [6.07, 6.45) is 0.766. The fourth-order valence-corrected chi connectivity index (χ4v) is 1.82. The quantitative estimate of drug-likeness (QED) is 0.768. The minimum Gasteiger partial charge on any atom is -0.496 e. The minimum absolute atomic E-state index is 0.0271. The van der Waals surface area contributed by atoms with Crippen molar-refractivity contribution in [3.63, 3.8) is 0 Å². The first kappa shape index (κ1) is 14.5. The number of amides is 1. The molecule has 0 aromatic heterocycles. The SMILES string of the molecule is CCNCC(=O)NC(C)Cc1ccccc1OC. The van der Waals surface area contributed by atoms with E-state index in [1.54, 1.807) is 7.11 Å². The van der Waals surface area contributed by atoms with Gasteiger partial charge in [-0.15, -0.1) is 0 Å². The molecule has 0 saturated carbocycles. The molecule has 1 amide bonds. The molecule has 0 bridgehead atoms. The molecule has 1 unspecified atom stereocenters. The molecule has 18 heavy (non-hydrogen) atoms. The van der Waals surface area contributed by atoms with Crippen LogP contribution in [0.15, 0.2) is 24.3 Å². The van der Waals surface area contributed by atoms with Gasteiger partial charge in [-0.3, -0.25) is 4.79 Å². The van der Waals surface area contributed by atoms with E-state index in [1.807, 2.05) is 38.1 Å². The molecule has 0 spiro atoms. The highest BCUT2D eigenvalue weighted by atomic mass is 16.5. The van der Waals surface area contributed by atoms with Crippen molar-refractivity contribution in [2.45, 2.75) is 26.3 Å². The van der Waals surface area contributed by atoms with Crippen LogP contribution in [0.4, 0.5) is 0 Å². The monoisotopic (exact) mass is 250 g/mol. The van der Waals surface area contributed by atoms with E-state index in [4.69, 9.17) is 4.74 Å². The molecule has 100 valence electrons. The van der Waals surface area contributed by atoms with Crippen LogP contribution in [-0.4, -0.2) is 32.1 Å². The van der Waals surface area contributed by atoms with Gasteiger partial charge < -0.3 is 15.4 Å². The van der Waals surface area contributed by atoms with Crippen molar-refractivity contribution < 1.29 is 9.53 Å². The molecule has 0 saturated heterocycles. The van der Waals surface area contributed by atoms with Gasteiger partial charge in [0, 0.05) is 6.04 Å². The Hall–Kier alpha value is -1.55. The van der Waals surface area contributed by atoms with Gasteiger partial charge in [-0.2, -0.15) is 0 Å². The van der Waals surface area contributed by atoms with Gasteiger partial charge in [0.1, 0.15) is 5.75 Å². The Bertz CT molecular complexity index is 380. The Morgan fingerprint density at radius 1 is 1.39 bits per heavy atom. The molecular formula is C14H22N2O2. The molecule has 0 radical (unpaired) electrons. The van der Waals surface area contributed by atoms with Gasteiger partial charge in [0.15, 0.2) is 0 Å². The van der Waals surface area contributed by atoms with Crippen LogP contribution in [0.5, 0.6) is 5.75 Å². The summed E-state index contributed by atoms with van der Waals surface area (Å²) in [5.41, 5.74) is 1.11. The van der Waals surface area contributed by atoms with Crippen LogP contribution in [0.25, 0.3) is 0 Å². The first-order chi connectivity index (χ1) is 8.67. The molecule has 0 heterocycles. The van der Waals surface area contributed by atoms with Gasteiger partial charge in [-0.25, -0.2) is 0 Å². The molecule has 4 nitrogen and oxygen atoms in total. The molecule has 2 N–H and O–H groups in total. The minimum atomic E-state index is 0.0271. The Morgan fingerprint density at radius 2 is 2.11 bits per heavy atom. The Morgan fingerprint density at radius 3 is 2.78 bits per heavy atom. The molecule has 0 aliphatic heterocycles. The van der Waals surface area contributed by atoms with Crippen LogP contribution < -0.4 is 15.4 Å². The first-order valence-electron chi connectivity index (χ1n) is 6.29. The standard InChI is InChI=1S/C14H22N2O2/c1-4-15-10-14(17)16-11(2)9-12-7-5-6-8-13(12)18-3/h5-8,11,15H,4,9-10H2,1-3H3,(H,16,17). The van der Waals surface area contributed by atoms with Crippen LogP contribution in [-0.2, 0) is 11.2 Å². The zero-order chi connectivity index (χ0) is 13.4. The summed E-state index contributed by atoms with van der Waals surface area (Å²) >= 11 is 0. The maximum atomic E-state index is 11.6. The number of para-hydroxylation sites is 1. The summed E-state index contributed by atoms with van der Waals surface area (Å²) in [5, 5.41) is 5.96. The van der Waals surface area contributed by atoms with Crippen molar-refractivity contribution >= 4 is 5.91 Å². The molecular weight excluding hydrogens is 228 g/mol. The van der Waals surface area contributed by atoms with E-state index in [9.17, 15) is 4.79 Å². The van der Waals surface area contributed by atoms with Crippen molar-refractivity contribution in [3.05, 3.63) is 29.8 Å². The largest absolute Gasteiger partial charge is 0.496 e. The summed E-state index contributed by atoms with van der Waals surface area (Å²) in [6, 6.07) is 7.96. The van der Waals surface area contributed by atoms with Crippen molar-refractivity contribution in [3.8, 4) is 5.75 Å². The third-order valence-electron chi connectivity index (χ3n) is 2.66. The van der Waals surface area contributed by atoms with Crippen LogP contribution in [0, 0.1) is 0 Å². The number of rotatable bonds is 7. The van der Waals surface area contributed by atoms with Gasteiger partial charge >= 0.3 is 0 Å². The van der Waals surface area contributed by atoms with Crippen molar-refractivity contribution in [1.29, 1.82) is 0 Å². The molecule has 4 heteroatoms. The molecule has 1 aromatic carbocycles. The predicted octanol–water partition coefficient (Wildman–Crippen LogP) is 1.35. The summed E-state index contributed by atoms with van der Waals surface area (Å²) in [6.45, 7) is 5.14. The number of benzene rings is 1. The molecule has 0 aliphatic rings. The fraction of sp³-hybridized carbons (Fsp3) is 0.500. The highest BCUT2D eigenvalue weighted by Gasteiger charge is 2.10. The number of likely N-dealkylation sites (N-methyl/N-ethyl adjacent to an activating group) is 1. The molecule has 1 rings (SSSR count). The number of methoxy groups -OCH3 is 1. The lowest BCUT2D eigenvalue weighted by molar-refractivity contribution is -0.120. The normalized spacial score (nSPS) is 11.9. The predicted molar refractivity (Wildman–Crippen MR) is 72.8 cm³/mol. The van der Waals surface area contributed by atoms with E-state index < -0.39 is 0 Å². The van der Waals surface area contributed by atoms with E-state index in [-0.39, 0.29) is 11.9 Å². The van der Waals surface area contributed by atoms with E-state index in [1.165, 1.54) is 0 Å². The van der Waals surface area contributed by atoms with Crippen LogP contribution >= 0.6 is 0 Å². The van der Waals surface area contributed by atoms with Gasteiger partial charge in [-0.1, -0.05) is 25.1 Å². The molecule has 0 aliphatic carbocycles. The Labute approximate surface area is 109 Å². The van der Waals surface area contributed by atoms with Crippen molar-refractivity contribution in [2.24, 2.45) is 0 Å². The summed E-state index contributed by atoms with van der Waals surface area (Å²) < 4.78 is 5.29. The maximum absolute atomic E-state index is 11.6. The summed E-state index contributed by atoms with van der Waals surface area (Å²) in [5.74, 6) is 0.893. The third-order valence-corrected chi connectivity index (χ3v) is 2.66. The second kappa shape index (κ2) is 7.71. The molecule has 1 atom stereocenters. The zero-order valence-electron chi connectivity index (χ0n) is 11.3. The number of carbonyl (C=O) groups is 1. The first-order valence-corrected chi connectivity index (χ1v) is 6.29. The second-order valence-electron chi connectivity index (χ2n) is 4.26. The number of ether oxygens (including phenoxy) is 1. The number of hydrogen-bond donors (Lipinski definition) is 2. The summed E-state index contributed by atoms with van der Waals surface area (Å²) in [7, 11) is 1.66. The molecule has 0 fully saturated rings. The topological polar surface area (TPSA) is 50.4 Å². The average molecular weight is 250 g/mol. The lowest BCUT2D eigenvalue weighted by atomic mass is 10.1. The van der Waals surface area contributed by atoms with E-state index in [0.29, 0.717) is 6.54 Å². The van der Waals surface area contributed by atoms with Crippen molar-refractivity contribution in [1.82, 2.24) is 10.6 Å². The number of carbonyl (C=O) groups excluding carboxylic acids is 1. The second-order valence-corrected chi connectivity index (χ2v) is 4.26. The zero-order valence-corrected chi connectivity index (χ0v) is 11.3. The van der Waals surface area contributed by atoms with Crippen LogP contribution in [0.3, 0.4) is 0 Å². The van der Waals surface area contributed by atoms with Gasteiger partial charge in [-0.05, 0) is 31.5 Å². The number of hydrogen-bond acceptors (Lipinski definition) is 3. The molecule has 1 aromatic rings. The van der Waals surface area contributed by atoms with Crippen LogP contribution in [0.1, 0.15) is 19.4 Å². The lowest BCUT2D eigenvalue weighted by Gasteiger charge is -2.16. The maximum Gasteiger partial charge on any atom is 0.234 e. The number of nitrogens with one attached hydrogen (secondary N) is 2. The Balaban J connectivity index is 2.48. The third kappa shape index (κ3) is 4.75. The van der Waals surface area contributed by atoms with E-state index in [0.717, 1.165) is 24.3 Å². The average Bonchev–Trinajstić information content (AvgIpc) is 2.36. The highest BCUT2D eigenvalue weighted by Crippen LogP contribution is 2.18. The smallest absolute Gasteiger partial charge is 0.234 e. The summed E-state index contributed by atoms with van der Waals surface area (Å²) in [4.78, 5) is 11.6. The van der Waals surface area contributed by atoms with E-state index >= 15 is 0 Å². The lowest BCUT2D eigenvalue weighted by Crippen LogP contribution is -2.40. The van der Waals surface area contributed by atoms with Gasteiger partial charge in [0.05, 0.1) is 13.7 Å². The fourth-order valence-electron chi connectivity index (χ4n) is 1.82. The van der Waals surface area contributed by atoms with Crippen molar-refractivity contribution in [2.75, 3.05) is 20.2 Å². The van der Waals surface area contributed by atoms with Gasteiger partial charge in [0.2, 0.25) is 5.91 Å². The van der Waals surface area contributed by atoms with Crippen LogP contribution in [0.2, 0.25) is 0 Å². The highest BCUT2D eigenvalue weighted by molar-refractivity contribution is 5.78. The van der Waals surface area contributed by atoms with Gasteiger partial charge in [0.25, 0.3) is 0 Å².